The second-order valence-electron chi connectivity index (χ2n) is 9.00. The molecule has 2 aliphatic carbocycles. The maximum atomic E-state index is 12.6. The van der Waals surface area contributed by atoms with E-state index in [-0.39, 0.29) is 6.42 Å². The summed E-state index contributed by atoms with van der Waals surface area (Å²) in [6.45, 7) is 6.38. The Kier molecular flexibility index (Phi) is 6.93. The van der Waals surface area contributed by atoms with E-state index in [9.17, 15) is 9.59 Å². The summed E-state index contributed by atoms with van der Waals surface area (Å²) in [5, 5.41) is 3.13. The highest BCUT2D eigenvalue weighted by molar-refractivity contribution is 6.32. The summed E-state index contributed by atoms with van der Waals surface area (Å²) in [6, 6.07) is 4.58. The van der Waals surface area contributed by atoms with Crippen LogP contribution in [0.2, 0.25) is 5.02 Å². The van der Waals surface area contributed by atoms with E-state index in [1.807, 2.05) is 6.07 Å². The first-order valence-electron chi connectivity index (χ1n) is 10.3. The lowest BCUT2D eigenvalue weighted by Crippen LogP contribution is -2.45. The topological polar surface area (TPSA) is 73.9 Å². The molecule has 0 aromatic heterocycles. The molecule has 0 spiro atoms. The first-order chi connectivity index (χ1) is 13.7. The fourth-order valence-corrected chi connectivity index (χ4v) is 3.00. The molecule has 1 amide bonds. The molecule has 1 aromatic carbocycles. The minimum Gasteiger partial charge on any atom is -0.492 e. The molecule has 0 aliphatic heterocycles. The lowest BCUT2D eigenvalue weighted by atomic mass is 10.1. The van der Waals surface area contributed by atoms with Crippen LogP contribution in [0.25, 0.3) is 0 Å². The summed E-state index contributed by atoms with van der Waals surface area (Å²) in [6.07, 6.45) is 4.17. The highest BCUT2D eigenvalue weighted by Gasteiger charge is 2.29. The third-order valence-corrected chi connectivity index (χ3v) is 5.04. The molecule has 0 saturated heterocycles. The van der Waals surface area contributed by atoms with Crippen molar-refractivity contribution in [1.82, 2.24) is 5.32 Å². The van der Waals surface area contributed by atoms with Crippen LogP contribution in [0.4, 0.5) is 4.79 Å². The minimum atomic E-state index is -0.849. The fraction of sp³-hybridized carbons (Fsp3) is 0.636. The number of alkyl carbamates (subject to hydrolysis) is 1. The molecule has 2 fully saturated rings. The molecule has 2 saturated carbocycles. The average molecular weight is 424 g/mol. The van der Waals surface area contributed by atoms with Gasteiger partial charge in [-0.2, -0.15) is 0 Å². The molecular formula is C22H30ClNO5. The lowest BCUT2D eigenvalue weighted by Gasteiger charge is -2.23. The largest absolute Gasteiger partial charge is 0.492 e. The maximum absolute atomic E-state index is 12.6. The molecule has 1 atom stereocenters. The summed E-state index contributed by atoms with van der Waals surface area (Å²) in [5.41, 5.74) is 0.148. The number of esters is 1. The van der Waals surface area contributed by atoms with Crippen LogP contribution in [-0.2, 0) is 20.7 Å². The van der Waals surface area contributed by atoms with Gasteiger partial charge in [0, 0.05) is 6.42 Å². The predicted molar refractivity (Wildman–Crippen MR) is 110 cm³/mol. The smallest absolute Gasteiger partial charge is 0.408 e. The molecule has 3 rings (SSSR count). The van der Waals surface area contributed by atoms with Crippen molar-refractivity contribution in [3.8, 4) is 5.75 Å². The molecule has 0 radical (unpaired) electrons. The summed E-state index contributed by atoms with van der Waals surface area (Å²) in [5.74, 6) is 1.25. The molecular weight excluding hydrogens is 394 g/mol. The van der Waals surface area contributed by atoms with Crippen molar-refractivity contribution in [2.75, 3.05) is 13.2 Å². The Balaban J connectivity index is 1.62. The van der Waals surface area contributed by atoms with Crippen molar-refractivity contribution < 1.29 is 23.8 Å². The number of carbonyl (C=O) groups is 2. The number of halogens is 1. The number of ether oxygens (including phenoxy) is 3. The predicted octanol–water partition coefficient (Wildman–Crippen LogP) is 4.52. The zero-order chi connectivity index (χ0) is 21.0. The number of rotatable bonds is 9. The standard InChI is InChI=1S/C22H30ClNO5/c1-22(2,3)29-21(26)24-18(20(25)28-13-15-6-7-15)11-16-8-9-19(17(23)10-16)27-12-14-4-5-14/h8-10,14-15,18H,4-7,11-13H2,1-3H3,(H,24,26). The van der Waals surface area contributed by atoms with Gasteiger partial charge in [0.1, 0.15) is 17.4 Å². The highest BCUT2D eigenvalue weighted by Crippen LogP contribution is 2.32. The van der Waals surface area contributed by atoms with E-state index >= 15 is 0 Å². The van der Waals surface area contributed by atoms with E-state index < -0.39 is 23.7 Å². The van der Waals surface area contributed by atoms with Crippen molar-refractivity contribution >= 4 is 23.7 Å². The normalized spacial score (nSPS) is 17.4. The van der Waals surface area contributed by atoms with E-state index in [4.69, 9.17) is 25.8 Å². The van der Waals surface area contributed by atoms with Gasteiger partial charge in [-0.25, -0.2) is 9.59 Å². The number of amides is 1. The van der Waals surface area contributed by atoms with E-state index in [0.717, 1.165) is 18.4 Å². The van der Waals surface area contributed by atoms with Crippen LogP contribution in [0.5, 0.6) is 5.75 Å². The van der Waals surface area contributed by atoms with Gasteiger partial charge in [0.25, 0.3) is 0 Å². The summed E-state index contributed by atoms with van der Waals surface area (Å²) < 4.78 is 16.4. The van der Waals surface area contributed by atoms with Gasteiger partial charge in [0.2, 0.25) is 0 Å². The van der Waals surface area contributed by atoms with Crippen LogP contribution in [0, 0.1) is 11.8 Å². The second-order valence-corrected chi connectivity index (χ2v) is 9.40. The van der Waals surface area contributed by atoms with Gasteiger partial charge in [-0.1, -0.05) is 17.7 Å². The molecule has 6 nitrogen and oxygen atoms in total. The van der Waals surface area contributed by atoms with Crippen molar-refractivity contribution in [2.24, 2.45) is 11.8 Å². The van der Waals surface area contributed by atoms with E-state index in [1.165, 1.54) is 12.8 Å². The number of carbonyl (C=O) groups excluding carboxylic acids is 2. The van der Waals surface area contributed by atoms with E-state index in [2.05, 4.69) is 5.32 Å². The Bertz CT molecular complexity index is 737. The van der Waals surface area contributed by atoms with Crippen LogP contribution in [0.3, 0.4) is 0 Å². The highest BCUT2D eigenvalue weighted by atomic mass is 35.5. The molecule has 1 unspecified atom stereocenters. The van der Waals surface area contributed by atoms with Crippen molar-refractivity contribution in [2.45, 2.75) is 64.5 Å². The van der Waals surface area contributed by atoms with Gasteiger partial charge in [-0.05, 0) is 76.0 Å². The van der Waals surface area contributed by atoms with Crippen LogP contribution in [0.15, 0.2) is 18.2 Å². The molecule has 2 aliphatic rings. The number of hydrogen-bond acceptors (Lipinski definition) is 5. The number of hydrogen-bond donors (Lipinski definition) is 1. The third kappa shape index (κ3) is 7.77. The summed E-state index contributed by atoms with van der Waals surface area (Å²) in [4.78, 5) is 24.8. The quantitative estimate of drug-likeness (QED) is 0.591. The lowest BCUT2D eigenvalue weighted by molar-refractivity contribution is -0.146. The van der Waals surface area contributed by atoms with Crippen molar-refractivity contribution in [1.29, 1.82) is 0 Å². The zero-order valence-corrected chi connectivity index (χ0v) is 18.1. The summed E-state index contributed by atoms with van der Waals surface area (Å²) in [7, 11) is 0. The van der Waals surface area contributed by atoms with Gasteiger partial charge in [-0.15, -0.1) is 0 Å². The van der Waals surface area contributed by atoms with Crippen LogP contribution >= 0.6 is 11.6 Å². The Morgan fingerprint density at radius 3 is 2.38 bits per heavy atom. The van der Waals surface area contributed by atoms with Gasteiger partial charge < -0.3 is 19.5 Å². The number of nitrogens with one attached hydrogen (secondary N) is 1. The molecule has 0 bridgehead atoms. The Morgan fingerprint density at radius 2 is 1.79 bits per heavy atom. The Hall–Kier alpha value is -1.95. The maximum Gasteiger partial charge on any atom is 0.408 e. The van der Waals surface area contributed by atoms with Crippen molar-refractivity contribution in [3.63, 3.8) is 0 Å². The molecule has 1 aromatic rings. The molecule has 1 N–H and O–H groups in total. The summed E-state index contributed by atoms with van der Waals surface area (Å²) >= 11 is 6.35. The Morgan fingerprint density at radius 1 is 1.14 bits per heavy atom. The average Bonchev–Trinajstić information content (AvgIpc) is 3.51. The fourth-order valence-electron chi connectivity index (χ4n) is 2.74. The van der Waals surface area contributed by atoms with Crippen LogP contribution in [0.1, 0.15) is 52.0 Å². The second kappa shape index (κ2) is 9.24. The SMILES string of the molecule is CC(C)(C)OC(=O)NC(Cc1ccc(OCC2CC2)c(Cl)c1)C(=O)OCC1CC1. The molecule has 160 valence electrons. The first-order valence-corrected chi connectivity index (χ1v) is 10.6. The Labute approximate surface area is 177 Å². The zero-order valence-electron chi connectivity index (χ0n) is 17.3. The van der Waals surface area contributed by atoms with E-state index in [1.54, 1.807) is 32.9 Å². The molecule has 0 heterocycles. The van der Waals surface area contributed by atoms with Crippen LogP contribution in [-0.4, -0.2) is 36.9 Å². The van der Waals surface area contributed by atoms with Gasteiger partial charge in [0.15, 0.2) is 0 Å². The number of benzene rings is 1. The van der Waals surface area contributed by atoms with Gasteiger partial charge in [0.05, 0.1) is 18.2 Å². The van der Waals surface area contributed by atoms with Gasteiger partial charge in [-0.3, -0.25) is 0 Å². The monoisotopic (exact) mass is 423 g/mol. The van der Waals surface area contributed by atoms with Gasteiger partial charge >= 0.3 is 12.1 Å². The third-order valence-electron chi connectivity index (χ3n) is 4.74. The minimum absolute atomic E-state index is 0.255. The van der Waals surface area contributed by atoms with E-state index in [0.29, 0.717) is 35.8 Å². The molecule has 7 heteroatoms. The first kappa shape index (κ1) is 21.8. The van der Waals surface area contributed by atoms with Crippen LogP contribution < -0.4 is 10.1 Å². The molecule has 29 heavy (non-hydrogen) atoms. The van der Waals surface area contributed by atoms with Crippen molar-refractivity contribution in [3.05, 3.63) is 28.8 Å².